The van der Waals surface area contributed by atoms with Crippen LogP contribution in [0.3, 0.4) is 0 Å². The number of ether oxygens (including phenoxy) is 1. The second-order valence-electron chi connectivity index (χ2n) is 8.29. The van der Waals surface area contributed by atoms with Gasteiger partial charge in [0.2, 0.25) is 5.91 Å². The molecule has 0 aliphatic carbocycles. The van der Waals surface area contributed by atoms with E-state index in [1.807, 2.05) is 19.1 Å². The number of halogens is 1. The van der Waals surface area contributed by atoms with Gasteiger partial charge in [0.05, 0.1) is 13.2 Å². The number of carbonyl (C=O) groups excluding carboxylic acids is 1. The van der Waals surface area contributed by atoms with Crippen LogP contribution in [-0.4, -0.2) is 77.4 Å². The first kappa shape index (κ1) is 24.1. The number of anilines is 1. The topological polar surface area (TPSA) is 85.3 Å². The number of hydrogen-bond donors (Lipinski definition) is 3. The number of benzene rings is 2. The summed E-state index contributed by atoms with van der Waals surface area (Å²) in [6.07, 6.45) is -0.745. The molecule has 0 spiro atoms. The molecule has 3 N–H and O–H groups in total. The minimum atomic E-state index is -0.745. The van der Waals surface area contributed by atoms with Gasteiger partial charge in [0.1, 0.15) is 12.7 Å². The highest BCUT2D eigenvalue weighted by Gasteiger charge is 2.27. The number of rotatable bonds is 9. The largest absolute Gasteiger partial charge is 0.488 e. The van der Waals surface area contributed by atoms with Crippen LogP contribution in [0.25, 0.3) is 0 Å². The maximum atomic E-state index is 13.6. The molecule has 3 rings (SSSR count). The molecule has 1 aliphatic heterocycles. The molecule has 1 aliphatic rings. The zero-order valence-corrected chi connectivity index (χ0v) is 18.6. The Bertz CT molecular complexity index is 911. The number of nitrogens with zero attached hydrogens (tertiary/aromatic N) is 2. The van der Waals surface area contributed by atoms with E-state index in [1.165, 1.54) is 12.1 Å². The first-order valence-corrected chi connectivity index (χ1v) is 10.9. The number of nitrogens with one attached hydrogen (secondary N) is 1. The molecule has 174 valence electrons. The van der Waals surface area contributed by atoms with Crippen molar-refractivity contribution in [3.63, 3.8) is 0 Å². The summed E-state index contributed by atoms with van der Waals surface area (Å²) in [4.78, 5) is 16.8. The highest BCUT2D eigenvalue weighted by atomic mass is 19.1. The average molecular weight is 446 g/mol. The Morgan fingerprint density at radius 3 is 2.75 bits per heavy atom. The van der Waals surface area contributed by atoms with Crippen molar-refractivity contribution in [2.45, 2.75) is 32.6 Å². The van der Waals surface area contributed by atoms with Crippen LogP contribution < -0.4 is 10.1 Å². The van der Waals surface area contributed by atoms with Crippen molar-refractivity contribution in [3.05, 3.63) is 59.4 Å². The summed E-state index contributed by atoms with van der Waals surface area (Å²) in [6.45, 7) is 6.60. The number of hydrogen-bond acceptors (Lipinski definition) is 6. The molecule has 2 unspecified atom stereocenters. The lowest BCUT2D eigenvalue weighted by atomic mass is 10.1. The van der Waals surface area contributed by atoms with Gasteiger partial charge in [-0.15, -0.1) is 0 Å². The van der Waals surface area contributed by atoms with Crippen LogP contribution in [0, 0.1) is 12.7 Å². The normalized spacial score (nSPS) is 18.3. The lowest BCUT2D eigenvalue weighted by Crippen LogP contribution is -2.55. The molecule has 8 heteroatoms. The number of aryl methyl sites for hydroxylation is 1. The van der Waals surface area contributed by atoms with Gasteiger partial charge in [0.15, 0.2) is 11.6 Å². The Balaban J connectivity index is 1.45. The van der Waals surface area contributed by atoms with E-state index in [2.05, 4.69) is 22.0 Å². The fourth-order valence-corrected chi connectivity index (χ4v) is 3.98. The fraction of sp³-hybridized carbons (Fsp3) is 0.458. The number of aliphatic hydroxyl groups is 2. The van der Waals surface area contributed by atoms with Crippen molar-refractivity contribution in [1.29, 1.82) is 0 Å². The molecule has 7 nitrogen and oxygen atoms in total. The van der Waals surface area contributed by atoms with Gasteiger partial charge in [-0.3, -0.25) is 14.6 Å². The molecule has 0 radical (unpaired) electrons. The zero-order chi connectivity index (χ0) is 23.1. The third-order valence-corrected chi connectivity index (χ3v) is 5.72. The minimum absolute atomic E-state index is 0.0138. The van der Waals surface area contributed by atoms with Gasteiger partial charge in [-0.2, -0.15) is 0 Å². The lowest BCUT2D eigenvalue weighted by molar-refractivity contribution is -0.118. The van der Waals surface area contributed by atoms with Gasteiger partial charge in [-0.1, -0.05) is 30.3 Å². The second-order valence-corrected chi connectivity index (χ2v) is 8.29. The molecular formula is C24H32FN3O4. The Morgan fingerprint density at radius 2 is 2.03 bits per heavy atom. The first-order chi connectivity index (χ1) is 15.4. The second kappa shape index (κ2) is 11.4. The van der Waals surface area contributed by atoms with Crippen molar-refractivity contribution < 1.29 is 24.1 Å². The van der Waals surface area contributed by atoms with Crippen molar-refractivity contribution in [2.75, 3.05) is 44.6 Å². The SMILES string of the molecule is Cc1cccc(CO)c1NC(=O)CN1CCN(CC(O)COc2ccccc2F)C(C)C1. The number of carbonyl (C=O) groups is 1. The molecule has 1 heterocycles. The monoisotopic (exact) mass is 445 g/mol. The summed E-state index contributed by atoms with van der Waals surface area (Å²) in [6, 6.07) is 11.8. The Labute approximate surface area is 188 Å². The quantitative estimate of drug-likeness (QED) is 0.548. The van der Waals surface area contributed by atoms with E-state index >= 15 is 0 Å². The van der Waals surface area contributed by atoms with E-state index in [0.717, 1.165) is 5.56 Å². The van der Waals surface area contributed by atoms with E-state index in [4.69, 9.17) is 4.74 Å². The van der Waals surface area contributed by atoms with Gasteiger partial charge in [0.25, 0.3) is 0 Å². The third-order valence-electron chi connectivity index (χ3n) is 5.72. The van der Waals surface area contributed by atoms with Crippen LogP contribution in [0.5, 0.6) is 5.75 Å². The van der Waals surface area contributed by atoms with Crippen LogP contribution in [0.2, 0.25) is 0 Å². The molecule has 1 fully saturated rings. The third kappa shape index (κ3) is 6.49. The van der Waals surface area contributed by atoms with E-state index in [9.17, 15) is 19.4 Å². The molecule has 2 atom stereocenters. The molecule has 1 amide bonds. The maximum absolute atomic E-state index is 13.6. The van der Waals surface area contributed by atoms with Gasteiger partial charge >= 0.3 is 0 Å². The van der Waals surface area contributed by atoms with Crippen molar-refractivity contribution in [3.8, 4) is 5.75 Å². The van der Waals surface area contributed by atoms with Crippen molar-refractivity contribution in [2.24, 2.45) is 0 Å². The summed E-state index contributed by atoms with van der Waals surface area (Å²) in [5.74, 6) is -0.432. The lowest BCUT2D eigenvalue weighted by Gasteiger charge is -2.40. The smallest absolute Gasteiger partial charge is 0.238 e. The number of β-amino-alcohol motifs (C(OH)–C–C–N with tert-alkyl or cyclic N) is 1. The number of amides is 1. The van der Waals surface area contributed by atoms with Gasteiger partial charge in [0, 0.05) is 43.5 Å². The molecule has 0 bridgehead atoms. The number of piperazine rings is 1. The summed E-state index contributed by atoms with van der Waals surface area (Å²) >= 11 is 0. The standard InChI is InChI=1S/C24H32FN3O4/c1-17-6-5-7-19(15-29)24(17)26-23(31)14-27-10-11-28(18(2)12-27)13-20(30)16-32-22-9-4-3-8-21(22)25/h3-9,18,20,29-30H,10-16H2,1-2H3,(H,26,31). The highest BCUT2D eigenvalue weighted by molar-refractivity contribution is 5.93. The van der Waals surface area contributed by atoms with E-state index in [0.29, 0.717) is 37.4 Å². The molecular weight excluding hydrogens is 413 g/mol. The maximum Gasteiger partial charge on any atom is 0.238 e. The average Bonchev–Trinajstić information content (AvgIpc) is 2.76. The van der Waals surface area contributed by atoms with E-state index in [-0.39, 0.29) is 37.5 Å². The molecule has 2 aromatic rings. The van der Waals surface area contributed by atoms with Crippen LogP contribution in [-0.2, 0) is 11.4 Å². The van der Waals surface area contributed by atoms with E-state index in [1.54, 1.807) is 18.2 Å². The minimum Gasteiger partial charge on any atom is -0.488 e. The predicted molar refractivity (Wildman–Crippen MR) is 121 cm³/mol. The molecule has 0 aromatic heterocycles. The van der Waals surface area contributed by atoms with Crippen LogP contribution >= 0.6 is 0 Å². The number of para-hydroxylation sites is 2. The van der Waals surface area contributed by atoms with Crippen molar-refractivity contribution in [1.82, 2.24) is 9.80 Å². The van der Waals surface area contributed by atoms with E-state index < -0.39 is 11.9 Å². The van der Waals surface area contributed by atoms with Gasteiger partial charge < -0.3 is 20.3 Å². The highest BCUT2D eigenvalue weighted by Crippen LogP contribution is 2.21. The Kier molecular flexibility index (Phi) is 8.58. The fourth-order valence-electron chi connectivity index (χ4n) is 3.98. The Hall–Kier alpha value is -2.52. The Morgan fingerprint density at radius 1 is 1.25 bits per heavy atom. The molecule has 0 saturated carbocycles. The van der Waals surface area contributed by atoms with Crippen LogP contribution in [0.15, 0.2) is 42.5 Å². The number of aliphatic hydroxyl groups excluding tert-OH is 2. The zero-order valence-electron chi connectivity index (χ0n) is 18.6. The summed E-state index contributed by atoms with van der Waals surface area (Å²) in [5, 5.41) is 22.8. The summed E-state index contributed by atoms with van der Waals surface area (Å²) < 4.78 is 19.0. The van der Waals surface area contributed by atoms with Crippen LogP contribution in [0.4, 0.5) is 10.1 Å². The molecule has 2 aromatic carbocycles. The van der Waals surface area contributed by atoms with Gasteiger partial charge in [-0.25, -0.2) is 4.39 Å². The molecule has 1 saturated heterocycles. The summed E-state index contributed by atoms with van der Waals surface area (Å²) in [7, 11) is 0. The predicted octanol–water partition coefficient (Wildman–Crippen LogP) is 2.01. The first-order valence-electron chi connectivity index (χ1n) is 10.9. The summed E-state index contributed by atoms with van der Waals surface area (Å²) in [5.41, 5.74) is 2.28. The van der Waals surface area contributed by atoms with Gasteiger partial charge in [-0.05, 0) is 31.5 Å². The van der Waals surface area contributed by atoms with Crippen molar-refractivity contribution >= 4 is 11.6 Å². The molecule has 32 heavy (non-hydrogen) atoms. The van der Waals surface area contributed by atoms with Crippen LogP contribution in [0.1, 0.15) is 18.1 Å².